The van der Waals surface area contributed by atoms with E-state index in [1.54, 1.807) is 0 Å². The molecule has 0 saturated heterocycles. The van der Waals surface area contributed by atoms with E-state index in [1.165, 1.54) is 9.26 Å². The van der Waals surface area contributed by atoms with Crippen molar-refractivity contribution in [2.24, 2.45) is 5.10 Å². The molecular weight excluding hydrogens is 447 g/mol. The molecule has 0 spiro atoms. The summed E-state index contributed by atoms with van der Waals surface area (Å²) in [5, 5.41) is 5.51. The van der Waals surface area contributed by atoms with Gasteiger partial charge in [-0.2, -0.15) is 5.10 Å². The lowest BCUT2D eigenvalue weighted by Crippen LogP contribution is -2.00. The Kier molecular flexibility index (Phi) is 4.94. The number of aryl methyl sites for hydroxylation is 1. The average molecular weight is 466 g/mol. The number of aromatic nitrogens is 2. The molecule has 27 heavy (non-hydrogen) atoms. The number of benzene rings is 2. The Labute approximate surface area is 172 Å². The number of nitrogens with zero attached hydrogens (tertiary/aromatic N) is 3. The molecule has 4 aromatic rings. The molecule has 0 bridgehead atoms. The van der Waals surface area contributed by atoms with Crippen LogP contribution in [-0.4, -0.2) is 15.8 Å². The molecule has 134 valence electrons. The van der Waals surface area contributed by atoms with Crippen LogP contribution in [0.5, 0.6) is 0 Å². The summed E-state index contributed by atoms with van der Waals surface area (Å²) in [5.74, 6) is 0.733. The van der Waals surface area contributed by atoms with E-state index in [2.05, 4.69) is 92.9 Å². The molecule has 0 atom stereocenters. The second kappa shape index (κ2) is 7.52. The van der Waals surface area contributed by atoms with Gasteiger partial charge in [0.05, 0.1) is 11.7 Å². The lowest BCUT2D eigenvalue weighted by atomic mass is 10.2. The zero-order chi connectivity index (χ0) is 18.8. The number of anilines is 1. The highest BCUT2D eigenvalue weighted by molar-refractivity contribution is 14.1. The summed E-state index contributed by atoms with van der Waals surface area (Å²) in [7, 11) is 0. The molecule has 2 heterocycles. The van der Waals surface area contributed by atoms with Gasteiger partial charge in [-0.3, -0.25) is 5.43 Å². The van der Waals surface area contributed by atoms with Gasteiger partial charge in [-0.15, -0.1) is 0 Å². The fourth-order valence-corrected chi connectivity index (χ4v) is 3.56. The molecule has 0 aliphatic heterocycles. The minimum atomic E-state index is 0.733. The molecular formula is C22H19IN4. The van der Waals surface area contributed by atoms with E-state index in [9.17, 15) is 0 Å². The summed E-state index contributed by atoms with van der Waals surface area (Å²) < 4.78 is 3.47. The van der Waals surface area contributed by atoms with Crippen molar-refractivity contribution in [2.75, 3.05) is 5.43 Å². The molecule has 0 radical (unpaired) electrons. The van der Waals surface area contributed by atoms with Crippen molar-refractivity contribution in [3.8, 4) is 5.69 Å². The number of hydrogen-bond donors (Lipinski definition) is 1. The largest absolute Gasteiger partial charge is 0.318 e. The molecule has 0 aliphatic carbocycles. The van der Waals surface area contributed by atoms with Crippen LogP contribution in [0.25, 0.3) is 16.6 Å². The Morgan fingerprint density at radius 3 is 2.59 bits per heavy atom. The van der Waals surface area contributed by atoms with Gasteiger partial charge in [0.15, 0.2) is 0 Å². The van der Waals surface area contributed by atoms with Crippen LogP contribution in [0.1, 0.15) is 17.0 Å². The number of para-hydroxylation sites is 1. The van der Waals surface area contributed by atoms with Gasteiger partial charge in [-0.05, 0) is 85.0 Å². The fraction of sp³-hybridized carbons (Fsp3) is 0.0909. The average Bonchev–Trinajstić information content (AvgIpc) is 2.96. The van der Waals surface area contributed by atoms with Crippen molar-refractivity contribution in [1.29, 1.82) is 0 Å². The van der Waals surface area contributed by atoms with Crippen LogP contribution in [0.2, 0.25) is 0 Å². The van der Waals surface area contributed by atoms with E-state index in [0.29, 0.717) is 0 Å². The molecule has 1 N–H and O–H groups in total. The smallest absolute Gasteiger partial charge is 0.146 e. The lowest BCUT2D eigenvalue weighted by Gasteiger charge is -2.09. The van der Waals surface area contributed by atoms with E-state index >= 15 is 0 Å². The maximum absolute atomic E-state index is 4.58. The summed E-state index contributed by atoms with van der Waals surface area (Å²) in [6.07, 6.45) is 1.85. The Bertz CT molecular complexity index is 1130. The third kappa shape index (κ3) is 3.73. The predicted molar refractivity (Wildman–Crippen MR) is 121 cm³/mol. The summed E-state index contributed by atoms with van der Waals surface area (Å²) in [4.78, 5) is 4.58. The molecule has 5 heteroatoms. The predicted octanol–water partition coefficient (Wildman–Crippen LogP) is 5.69. The number of hydrogen-bond acceptors (Lipinski definition) is 3. The van der Waals surface area contributed by atoms with E-state index in [4.69, 9.17) is 0 Å². The summed E-state index contributed by atoms with van der Waals surface area (Å²) in [6, 6.07) is 22.7. The zero-order valence-corrected chi connectivity index (χ0v) is 17.3. The van der Waals surface area contributed by atoms with Crippen molar-refractivity contribution < 1.29 is 0 Å². The van der Waals surface area contributed by atoms with Crippen LogP contribution >= 0.6 is 22.6 Å². The van der Waals surface area contributed by atoms with Gasteiger partial charge < -0.3 is 4.57 Å². The Hall–Kier alpha value is -2.67. The zero-order valence-electron chi connectivity index (χ0n) is 15.1. The standard InChI is InChI=1S/C22H19IN4/c1-15-13-18(16(2)27(15)20-10-8-19(23)9-11-20)14-24-26-22-12-7-17-5-3-4-6-21(17)25-22/h3-14H,1-2H3,(H,25,26)/b24-14-. The molecule has 2 aromatic heterocycles. The maximum Gasteiger partial charge on any atom is 0.146 e. The van der Waals surface area contributed by atoms with Crippen molar-refractivity contribution in [3.63, 3.8) is 0 Å². The molecule has 0 unspecified atom stereocenters. The molecule has 0 fully saturated rings. The molecule has 0 saturated carbocycles. The van der Waals surface area contributed by atoms with Crippen LogP contribution in [-0.2, 0) is 0 Å². The van der Waals surface area contributed by atoms with Crippen molar-refractivity contribution in [3.05, 3.63) is 87.3 Å². The van der Waals surface area contributed by atoms with Crippen LogP contribution in [0, 0.1) is 17.4 Å². The van der Waals surface area contributed by atoms with Crippen molar-refractivity contribution >= 4 is 45.5 Å². The monoisotopic (exact) mass is 466 g/mol. The summed E-state index contributed by atoms with van der Waals surface area (Å²) in [5.41, 5.74) is 8.57. The molecule has 4 nitrogen and oxygen atoms in total. The van der Waals surface area contributed by atoms with Crippen molar-refractivity contribution in [1.82, 2.24) is 9.55 Å². The van der Waals surface area contributed by atoms with Crippen LogP contribution in [0.3, 0.4) is 0 Å². The number of fused-ring (bicyclic) bond motifs is 1. The lowest BCUT2D eigenvalue weighted by molar-refractivity contribution is 0.964. The topological polar surface area (TPSA) is 42.2 Å². The van der Waals surface area contributed by atoms with Crippen LogP contribution < -0.4 is 5.43 Å². The minimum absolute atomic E-state index is 0.733. The number of halogens is 1. The normalized spacial score (nSPS) is 11.4. The first-order valence-electron chi connectivity index (χ1n) is 8.71. The van der Waals surface area contributed by atoms with Gasteiger partial charge in [-0.25, -0.2) is 4.98 Å². The van der Waals surface area contributed by atoms with Crippen LogP contribution in [0.15, 0.2) is 71.8 Å². The van der Waals surface area contributed by atoms with Gasteiger partial charge in [0.1, 0.15) is 5.82 Å². The van der Waals surface area contributed by atoms with Crippen LogP contribution in [0.4, 0.5) is 5.82 Å². The number of pyridine rings is 1. The SMILES string of the molecule is Cc1cc(/C=N\Nc2ccc3ccccc3n2)c(C)n1-c1ccc(I)cc1. The molecule has 0 amide bonds. The third-order valence-electron chi connectivity index (χ3n) is 4.54. The number of hydrazone groups is 1. The second-order valence-corrected chi connectivity index (χ2v) is 7.64. The number of nitrogens with one attached hydrogen (secondary N) is 1. The Morgan fingerprint density at radius 2 is 1.78 bits per heavy atom. The van der Waals surface area contributed by atoms with Gasteiger partial charge >= 0.3 is 0 Å². The van der Waals surface area contributed by atoms with E-state index in [1.807, 2.05) is 36.5 Å². The quantitative estimate of drug-likeness (QED) is 0.239. The first kappa shape index (κ1) is 17.7. The number of rotatable bonds is 4. The molecule has 2 aromatic carbocycles. The summed E-state index contributed by atoms with van der Waals surface area (Å²) in [6.45, 7) is 4.22. The van der Waals surface area contributed by atoms with E-state index < -0.39 is 0 Å². The van der Waals surface area contributed by atoms with Gasteiger partial charge in [0.2, 0.25) is 0 Å². The third-order valence-corrected chi connectivity index (χ3v) is 5.26. The van der Waals surface area contributed by atoms with E-state index in [0.717, 1.165) is 33.7 Å². The minimum Gasteiger partial charge on any atom is -0.318 e. The first-order chi connectivity index (χ1) is 13.1. The molecule has 4 rings (SSSR count). The Morgan fingerprint density at radius 1 is 1.00 bits per heavy atom. The highest BCUT2D eigenvalue weighted by Crippen LogP contribution is 2.21. The van der Waals surface area contributed by atoms with Gasteiger partial charge in [0, 0.05) is 31.6 Å². The molecule has 0 aliphatic rings. The van der Waals surface area contributed by atoms with E-state index in [-0.39, 0.29) is 0 Å². The van der Waals surface area contributed by atoms with Gasteiger partial charge in [-0.1, -0.05) is 18.2 Å². The maximum atomic E-state index is 4.58. The highest BCUT2D eigenvalue weighted by atomic mass is 127. The van der Waals surface area contributed by atoms with Crippen molar-refractivity contribution in [2.45, 2.75) is 13.8 Å². The highest BCUT2D eigenvalue weighted by Gasteiger charge is 2.09. The van der Waals surface area contributed by atoms with Gasteiger partial charge in [0.25, 0.3) is 0 Å². The second-order valence-electron chi connectivity index (χ2n) is 6.40. The summed E-state index contributed by atoms with van der Waals surface area (Å²) >= 11 is 2.32. The fourth-order valence-electron chi connectivity index (χ4n) is 3.20. The first-order valence-corrected chi connectivity index (χ1v) is 9.79. The Balaban J connectivity index is 1.57.